The van der Waals surface area contributed by atoms with E-state index in [-0.39, 0.29) is 0 Å². The maximum atomic E-state index is 9.43. The van der Waals surface area contributed by atoms with Crippen molar-refractivity contribution in [1.29, 1.82) is 0 Å². The summed E-state index contributed by atoms with van der Waals surface area (Å²) in [7, 11) is 0. The van der Waals surface area contributed by atoms with Crippen molar-refractivity contribution in [3.63, 3.8) is 0 Å². The highest BCUT2D eigenvalue weighted by molar-refractivity contribution is 4.59. The fourth-order valence-corrected chi connectivity index (χ4v) is 2.93. The predicted molar refractivity (Wildman–Crippen MR) is 91.2 cm³/mol. The zero-order chi connectivity index (χ0) is 14.9. The van der Waals surface area contributed by atoms with Crippen LogP contribution >= 0.6 is 0 Å². The van der Waals surface area contributed by atoms with E-state index in [0.29, 0.717) is 12.5 Å². The second-order valence-corrected chi connectivity index (χ2v) is 6.52. The van der Waals surface area contributed by atoms with Gasteiger partial charge in [0.25, 0.3) is 0 Å². The maximum Gasteiger partial charge on any atom is 0.0459 e. The van der Waals surface area contributed by atoms with Gasteiger partial charge in [-0.05, 0) is 18.8 Å². The molecule has 1 N–H and O–H groups in total. The summed E-state index contributed by atoms with van der Waals surface area (Å²) in [6.07, 6.45) is 20.4. The summed E-state index contributed by atoms with van der Waals surface area (Å²) in [6, 6.07) is 0. The molecule has 1 unspecified atom stereocenters. The van der Waals surface area contributed by atoms with E-state index in [9.17, 15) is 5.11 Å². The molecular weight excluding hydrogens is 244 g/mol. The van der Waals surface area contributed by atoms with Crippen LogP contribution in [0.2, 0.25) is 0 Å². The molecule has 0 fully saturated rings. The van der Waals surface area contributed by atoms with E-state index in [1.807, 2.05) is 0 Å². The van der Waals surface area contributed by atoms with Gasteiger partial charge in [0.1, 0.15) is 0 Å². The van der Waals surface area contributed by atoms with Gasteiger partial charge in [-0.25, -0.2) is 0 Å². The molecule has 1 heteroatoms. The molecule has 0 rings (SSSR count). The normalized spacial score (nSPS) is 12.8. The highest BCUT2D eigenvalue weighted by Gasteiger charge is 2.06. The molecule has 0 aliphatic rings. The third-order valence-electron chi connectivity index (χ3n) is 4.44. The van der Waals surface area contributed by atoms with Crippen molar-refractivity contribution in [3.8, 4) is 0 Å². The predicted octanol–water partition coefficient (Wildman–Crippen LogP) is 6.49. The van der Waals surface area contributed by atoms with Crippen LogP contribution in [0.5, 0.6) is 0 Å². The van der Waals surface area contributed by atoms with Gasteiger partial charge in [-0.1, -0.05) is 97.3 Å². The molecule has 0 spiro atoms. The van der Waals surface area contributed by atoms with Crippen LogP contribution in [-0.4, -0.2) is 11.7 Å². The number of hydrogen-bond acceptors (Lipinski definition) is 1. The summed E-state index contributed by atoms with van der Waals surface area (Å²) in [5.74, 6) is 0.580. The second kappa shape index (κ2) is 17.0. The number of rotatable bonds is 16. The van der Waals surface area contributed by atoms with Crippen LogP contribution in [0.4, 0.5) is 0 Å². The first-order valence-electron chi connectivity index (χ1n) is 9.46. The van der Waals surface area contributed by atoms with Crippen LogP contribution in [0.25, 0.3) is 0 Å². The Bertz CT molecular complexity index is 167. The van der Waals surface area contributed by atoms with Gasteiger partial charge in [-0.15, -0.1) is 0 Å². The van der Waals surface area contributed by atoms with E-state index < -0.39 is 0 Å². The van der Waals surface area contributed by atoms with E-state index in [4.69, 9.17) is 0 Å². The Balaban J connectivity index is 3.28. The first kappa shape index (κ1) is 20.0. The van der Waals surface area contributed by atoms with Crippen molar-refractivity contribution < 1.29 is 5.11 Å². The summed E-state index contributed by atoms with van der Waals surface area (Å²) in [6.45, 7) is 4.94. The number of unbranched alkanes of at least 4 members (excludes halogenated alkanes) is 11. The summed E-state index contributed by atoms with van der Waals surface area (Å²) in [5.41, 5.74) is 0. The first-order chi connectivity index (χ1) is 9.85. The lowest BCUT2D eigenvalue weighted by atomic mass is 9.95. The highest BCUT2D eigenvalue weighted by Crippen LogP contribution is 2.18. The van der Waals surface area contributed by atoms with Gasteiger partial charge < -0.3 is 5.11 Å². The molecule has 20 heavy (non-hydrogen) atoms. The lowest BCUT2D eigenvalue weighted by molar-refractivity contribution is 0.204. The van der Waals surface area contributed by atoms with Crippen LogP contribution in [-0.2, 0) is 0 Å². The molecule has 0 aromatic carbocycles. The molecule has 0 bridgehead atoms. The average molecular weight is 285 g/mol. The van der Waals surface area contributed by atoms with Crippen LogP contribution in [0.15, 0.2) is 0 Å². The quantitative estimate of drug-likeness (QED) is 0.321. The maximum absolute atomic E-state index is 9.43. The minimum Gasteiger partial charge on any atom is -0.396 e. The SMILES string of the molecule is CCCCCCCCCCC(CO)CCCCCCC. The standard InChI is InChI=1S/C19H40O/c1-3-5-7-9-10-11-13-15-17-19(18-20)16-14-12-8-6-4-2/h19-20H,3-18H2,1-2H3. The smallest absolute Gasteiger partial charge is 0.0459 e. The average Bonchev–Trinajstić information content (AvgIpc) is 2.47. The largest absolute Gasteiger partial charge is 0.396 e. The monoisotopic (exact) mass is 284 g/mol. The molecule has 0 aliphatic carbocycles. The minimum atomic E-state index is 0.407. The fourth-order valence-electron chi connectivity index (χ4n) is 2.93. The van der Waals surface area contributed by atoms with E-state index in [0.717, 1.165) is 0 Å². The molecule has 1 nitrogen and oxygen atoms in total. The molecule has 0 heterocycles. The van der Waals surface area contributed by atoms with Gasteiger partial charge in [0.15, 0.2) is 0 Å². The number of aliphatic hydroxyl groups is 1. The minimum absolute atomic E-state index is 0.407. The lowest BCUT2D eigenvalue weighted by Gasteiger charge is -2.13. The third kappa shape index (κ3) is 14.4. The Hall–Kier alpha value is -0.0400. The Morgan fingerprint density at radius 1 is 0.550 bits per heavy atom. The summed E-state index contributed by atoms with van der Waals surface area (Å²) in [4.78, 5) is 0. The summed E-state index contributed by atoms with van der Waals surface area (Å²) < 4.78 is 0. The van der Waals surface area contributed by atoms with E-state index >= 15 is 0 Å². The fraction of sp³-hybridized carbons (Fsp3) is 1.00. The first-order valence-corrected chi connectivity index (χ1v) is 9.46. The molecule has 0 amide bonds. The Kier molecular flexibility index (Phi) is 17.0. The van der Waals surface area contributed by atoms with Gasteiger partial charge in [0.05, 0.1) is 0 Å². The van der Waals surface area contributed by atoms with Crippen molar-refractivity contribution in [2.45, 2.75) is 110 Å². The molecule has 0 radical (unpaired) electrons. The van der Waals surface area contributed by atoms with E-state index in [2.05, 4.69) is 13.8 Å². The van der Waals surface area contributed by atoms with Crippen molar-refractivity contribution in [3.05, 3.63) is 0 Å². The van der Waals surface area contributed by atoms with Gasteiger partial charge in [-0.2, -0.15) is 0 Å². The van der Waals surface area contributed by atoms with Crippen molar-refractivity contribution in [2.75, 3.05) is 6.61 Å². The van der Waals surface area contributed by atoms with E-state index in [1.165, 1.54) is 96.3 Å². The van der Waals surface area contributed by atoms with Crippen LogP contribution in [0, 0.1) is 5.92 Å². The highest BCUT2D eigenvalue weighted by atomic mass is 16.3. The molecule has 0 aromatic rings. The molecule has 1 atom stereocenters. The molecule has 0 aliphatic heterocycles. The molecule has 122 valence electrons. The van der Waals surface area contributed by atoms with Crippen molar-refractivity contribution in [2.24, 2.45) is 5.92 Å². The van der Waals surface area contributed by atoms with Crippen LogP contribution in [0.1, 0.15) is 110 Å². The van der Waals surface area contributed by atoms with Crippen LogP contribution < -0.4 is 0 Å². The molecular formula is C19H40O. The third-order valence-corrected chi connectivity index (χ3v) is 4.44. The zero-order valence-corrected chi connectivity index (χ0v) is 14.3. The molecule has 0 aromatic heterocycles. The van der Waals surface area contributed by atoms with E-state index in [1.54, 1.807) is 0 Å². The number of aliphatic hydroxyl groups excluding tert-OH is 1. The lowest BCUT2D eigenvalue weighted by Crippen LogP contribution is -2.06. The van der Waals surface area contributed by atoms with Gasteiger partial charge in [0.2, 0.25) is 0 Å². The summed E-state index contributed by atoms with van der Waals surface area (Å²) in [5, 5.41) is 9.43. The Morgan fingerprint density at radius 2 is 0.900 bits per heavy atom. The summed E-state index contributed by atoms with van der Waals surface area (Å²) >= 11 is 0. The second-order valence-electron chi connectivity index (χ2n) is 6.52. The molecule has 0 saturated heterocycles. The Labute approximate surface area is 128 Å². The number of hydrogen-bond donors (Lipinski definition) is 1. The Morgan fingerprint density at radius 3 is 1.25 bits per heavy atom. The topological polar surface area (TPSA) is 20.2 Å². The zero-order valence-electron chi connectivity index (χ0n) is 14.3. The van der Waals surface area contributed by atoms with Gasteiger partial charge in [0, 0.05) is 6.61 Å². The van der Waals surface area contributed by atoms with Crippen molar-refractivity contribution in [1.82, 2.24) is 0 Å². The van der Waals surface area contributed by atoms with Crippen LogP contribution in [0.3, 0.4) is 0 Å². The van der Waals surface area contributed by atoms with Gasteiger partial charge in [-0.3, -0.25) is 0 Å². The van der Waals surface area contributed by atoms with Crippen molar-refractivity contribution >= 4 is 0 Å². The molecule has 0 saturated carbocycles. The van der Waals surface area contributed by atoms with Gasteiger partial charge >= 0.3 is 0 Å².